The van der Waals surface area contributed by atoms with Gasteiger partial charge in [-0.1, -0.05) is 32.0 Å². The number of rotatable bonds is 4. The van der Waals surface area contributed by atoms with Crippen molar-refractivity contribution in [3.05, 3.63) is 30.3 Å². The molecule has 1 heterocycles. The van der Waals surface area contributed by atoms with Crippen LogP contribution in [-0.4, -0.2) is 25.3 Å². The first-order valence-corrected chi connectivity index (χ1v) is 6.88. The minimum absolute atomic E-state index is 0.152. The van der Waals surface area contributed by atoms with E-state index in [0.29, 0.717) is 18.4 Å². The van der Waals surface area contributed by atoms with Crippen molar-refractivity contribution < 1.29 is 9.53 Å². The lowest BCUT2D eigenvalue weighted by Crippen LogP contribution is -2.37. The van der Waals surface area contributed by atoms with E-state index in [1.54, 1.807) is 0 Å². The van der Waals surface area contributed by atoms with Crippen molar-refractivity contribution in [2.45, 2.75) is 26.4 Å². The van der Waals surface area contributed by atoms with Crippen molar-refractivity contribution in [1.82, 2.24) is 5.32 Å². The van der Waals surface area contributed by atoms with Gasteiger partial charge in [0.25, 0.3) is 0 Å². The number of amides is 2. The molecule has 2 N–H and O–H groups in total. The first kappa shape index (κ1) is 13.9. The summed E-state index contributed by atoms with van der Waals surface area (Å²) in [6.07, 6.45) is 1.28. The van der Waals surface area contributed by atoms with Gasteiger partial charge < -0.3 is 15.4 Å². The Kier molecular flexibility index (Phi) is 4.80. The highest BCUT2D eigenvalue weighted by Crippen LogP contribution is 2.26. The van der Waals surface area contributed by atoms with Gasteiger partial charge in [-0.25, -0.2) is 4.79 Å². The molecule has 0 bridgehead atoms. The van der Waals surface area contributed by atoms with Crippen LogP contribution in [-0.2, 0) is 4.74 Å². The molecule has 1 aromatic carbocycles. The lowest BCUT2D eigenvalue weighted by atomic mass is 9.93. The molecular formula is C15H22N2O2. The van der Waals surface area contributed by atoms with Crippen LogP contribution >= 0.6 is 0 Å². The monoisotopic (exact) mass is 262 g/mol. The molecule has 0 saturated carbocycles. The molecule has 1 saturated heterocycles. The number of carbonyl (C=O) groups is 1. The van der Waals surface area contributed by atoms with Gasteiger partial charge in [0.05, 0.1) is 6.10 Å². The predicted octanol–water partition coefficient (Wildman–Crippen LogP) is 2.87. The molecule has 0 spiro atoms. The van der Waals surface area contributed by atoms with Crippen LogP contribution in [0.25, 0.3) is 0 Å². The van der Waals surface area contributed by atoms with Crippen molar-refractivity contribution in [3.63, 3.8) is 0 Å². The molecule has 0 unspecified atom stereocenters. The van der Waals surface area contributed by atoms with Gasteiger partial charge in [-0.15, -0.1) is 0 Å². The van der Waals surface area contributed by atoms with Crippen LogP contribution in [0.2, 0.25) is 0 Å². The number of benzene rings is 1. The molecule has 2 atom stereocenters. The van der Waals surface area contributed by atoms with Crippen molar-refractivity contribution in [3.8, 4) is 0 Å². The summed E-state index contributed by atoms with van der Waals surface area (Å²) in [6.45, 7) is 5.79. The SMILES string of the molecule is CC(C)[C@@H]1OCC[C@@H]1CNC(=O)Nc1ccccc1. The van der Waals surface area contributed by atoms with Gasteiger partial charge >= 0.3 is 6.03 Å². The Morgan fingerprint density at radius 3 is 2.79 bits per heavy atom. The van der Waals surface area contributed by atoms with Gasteiger partial charge in [-0.3, -0.25) is 0 Å². The van der Waals surface area contributed by atoms with E-state index < -0.39 is 0 Å². The first-order valence-electron chi connectivity index (χ1n) is 6.88. The molecule has 0 aliphatic carbocycles. The molecule has 2 amide bonds. The minimum atomic E-state index is -0.152. The van der Waals surface area contributed by atoms with E-state index in [2.05, 4.69) is 24.5 Å². The molecular weight excluding hydrogens is 240 g/mol. The lowest BCUT2D eigenvalue weighted by molar-refractivity contribution is 0.0546. The smallest absolute Gasteiger partial charge is 0.319 e. The number of anilines is 1. The fraction of sp³-hybridized carbons (Fsp3) is 0.533. The summed E-state index contributed by atoms with van der Waals surface area (Å²) in [5.74, 6) is 0.910. The number of urea groups is 1. The topological polar surface area (TPSA) is 50.4 Å². The second-order valence-corrected chi connectivity index (χ2v) is 5.33. The number of para-hydroxylation sites is 1. The maximum atomic E-state index is 11.8. The highest BCUT2D eigenvalue weighted by molar-refractivity contribution is 5.89. The van der Waals surface area contributed by atoms with E-state index in [1.807, 2.05) is 30.3 Å². The summed E-state index contributed by atoms with van der Waals surface area (Å²) in [4.78, 5) is 11.8. The van der Waals surface area contributed by atoms with E-state index >= 15 is 0 Å². The molecule has 1 aliphatic heterocycles. The number of carbonyl (C=O) groups excluding carboxylic acids is 1. The lowest BCUT2D eigenvalue weighted by Gasteiger charge is -2.22. The molecule has 1 aliphatic rings. The number of hydrogen-bond donors (Lipinski definition) is 2. The summed E-state index contributed by atoms with van der Waals surface area (Å²) in [5, 5.41) is 5.75. The molecule has 4 nitrogen and oxygen atoms in total. The van der Waals surface area contributed by atoms with E-state index in [0.717, 1.165) is 18.7 Å². The Morgan fingerprint density at radius 1 is 1.37 bits per heavy atom. The Balaban J connectivity index is 1.77. The average molecular weight is 262 g/mol. The van der Waals surface area contributed by atoms with Crippen LogP contribution in [0, 0.1) is 11.8 Å². The van der Waals surface area contributed by atoms with Crippen LogP contribution < -0.4 is 10.6 Å². The standard InChI is InChI=1S/C15H22N2O2/c1-11(2)14-12(8-9-19-14)10-16-15(18)17-13-6-4-3-5-7-13/h3-7,11-12,14H,8-10H2,1-2H3,(H2,16,17,18)/t12-,14+/m1/s1. The quantitative estimate of drug-likeness (QED) is 0.876. The number of hydrogen-bond acceptors (Lipinski definition) is 2. The highest BCUT2D eigenvalue weighted by Gasteiger charge is 2.30. The molecule has 1 aromatic rings. The van der Waals surface area contributed by atoms with E-state index in [4.69, 9.17) is 4.74 Å². The fourth-order valence-corrected chi connectivity index (χ4v) is 2.53. The third-order valence-corrected chi connectivity index (χ3v) is 3.48. The van der Waals surface area contributed by atoms with Crippen molar-refractivity contribution in [2.24, 2.45) is 11.8 Å². The second-order valence-electron chi connectivity index (χ2n) is 5.33. The second kappa shape index (κ2) is 6.57. The van der Waals surface area contributed by atoms with Gasteiger partial charge in [-0.05, 0) is 24.5 Å². The number of ether oxygens (including phenoxy) is 1. The Labute approximate surface area is 114 Å². The maximum Gasteiger partial charge on any atom is 0.319 e. The average Bonchev–Trinajstić information content (AvgIpc) is 2.86. The molecule has 2 rings (SSSR count). The zero-order valence-corrected chi connectivity index (χ0v) is 11.6. The summed E-state index contributed by atoms with van der Waals surface area (Å²) >= 11 is 0. The van der Waals surface area contributed by atoms with Crippen LogP contribution in [0.3, 0.4) is 0 Å². The Morgan fingerprint density at radius 2 is 2.11 bits per heavy atom. The van der Waals surface area contributed by atoms with Crippen molar-refractivity contribution in [2.75, 3.05) is 18.5 Å². The zero-order chi connectivity index (χ0) is 13.7. The van der Waals surface area contributed by atoms with E-state index in [9.17, 15) is 4.79 Å². The van der Waals surface area contributed by atoms with Crippen molar-refractivity contribution >= 4 is 11.7 Å². The first-order chi connectivity index (χ1) is 9.16. The minimum Gasteiger partial charge on any atom is -0.378 e. The molecule has 19 heavy (non-hydrogen) atoms. The van der Waals surface area contributed by atoms with Crippen LogP contribution in [0.4, 0.5) is 10.5 Å². The highest BCUT2D eigenvalue weighted by atomic mass is 16.5. The Hall–Kier alpha value is -1.55. The predicted molar refractivity (Wildman–Crippen MR) is 76.1 cm³/mol. The molecule has 1 fully saturated rings. The van der Waals surface area contributed by atoms with E-state index in [1.165, 1.54) is 0 Å². The largest absolute Gasteiger partial charge is 0.378 e. The molecule has 0 radical (unpaired) electrons. The number of nitrogens with one attached hydrogen (secondary N) is 2. The third-order valence-electron chi connectivity index (χ3n) is 3.48. The van der Waals surface area contributed by atoms with Crippen LogP contribution in [0.15, 0.2) is 30.3 Å². The van der Waals surface area contributed by atoms with Gasteiger partial charge in [0.2, 0.25) is 0 Å². The maximum absolute atomic E-state index is 11.8. The van der Waals surface area contributed by atoms with Gasteiger partial charge in [0.15, 0.2) is 0 Å². The van der Waals surface area contributed by atoms with Gasteiger partial charge in [-0.2, -0.15) is 0 Å². The zero-order valence-electron chi connectivity index (χ0n) is 11.6. The van der Waals surface area contributed by atoms with Crippen molar-refractivity contribution in [1.29, 1.82) is 0 Å². The summed E-state index contributed by atoms with van der Waals surface area (Å²) < 4.78 is 5.71. The van der Waals surface area contributed by atoms with E-state index in [-0.39, 0.29) is 12.1 Å². The van der Waals surface area contributed by atoms with Crippen LogP contribution in [0.5, 0.6) is 0 Å². The summed E-state index contributed by atoms with van der Waals surface area (Å²) in [7, 11) is 0. The van der Waals surface area contributed by atoms with Gasteiger partial charge in [0.1, 0.15) is 0 Å². The molecule has 104 valence electrons. The summed E-state index contributed by atoms with van der Waals surface area (Å²) in [6, 6.07) is 9.31. The Bertz CT molecular complexity index is 406. The molecule has 0 aromatic heterocycles. The molecule has 4 heteroatoms. The normalized spacial score (nSPS) is 22.5. The van der Waals surface area contributed by atoms with Gasteiger partial charge in [0, 0.05) is 24.8 Å². The van der Waals surface area contributed by atoms with Crippen LogP contribution in [0.1, 0.15) is 20.3 Å². The third kappa shape index (κ3) is 3.96. The fourth-order valence-electron chi connectivity index (χ4n) is 2.53. The summed E-state index contributed by atoms with van der Waals surface area (Å²) in [5.41, 5.74) is 0.808.